The van der Waals surface area contributed by atoms with E-state index in [0.717, 1.165) is 16.8 Å². The Balaban J connectivity index is 1.61. The fourth-order valence-corrected chi connectivity index (χ4v) is 2.60. The summed E-state index contributed by atoms with van der Waals surface area (Å²) in [5.41, 5.74) is 3.21. The fraction of sp³-hybridized carbons (Fsp3) is 0.238. The topological polar surface area (TPSA) is 61.6 Å². The standard InChI is InChI=1S/C21H21NO4/c1-15-19(16(2)26-22-15)14-25-20-11-7-6-10-18(20)21(23)24-13-12-17-8-4-3-5-9-17/h3-11H,12-14H2,1-2H3. The number of aromatic nitrogens is 1. The molecule has 0 N–H and O–H groups in total. The molecule has 0 bridgehead atoms. The Bertz CT molecular complexity index is 851. The van der Waals surface area contributed by atoms with Crippen molar-refractivity contribution in [3.63, 3.8) is 0 Å². The maximum atomic E-state index is 12.4. The number of esters is 1. The van der Waals surface area contributed by atoms with Crippen LogP contribution in [0.4, 0.5) is 0 Å². The minimum absolute atomic E-state index is 0.287. The average molecular weight is 351 g/mol. The first-order valence-corrected chi connectivity index (χ1v) is 8.50. The van der Waals surface area contributed by atoms with Gasteiger partial charge in [0.05, 0.1) is 17.9 Å². The van der Waals surface area contributed by atoms with Gasteiger partial charge < -0.3 is 14.0 Å². The molecule has 0 aliphatic heterocycles. The van der Waals surface area contributed by atoms with Crippen molar-refractivity contribution in [2.24, 2.45) is 0 Å². The molecule has 0 saturated carbocycles. The lowest BCUT2D eigenvalue weighted by atomic mass is 10.1. The highest BCUT2D eigenvalue weighted by Gasteiger charge is 2.15. The summed E-state index contributed by atoms with van der Waals surface area (Å²) >= 11 is 0. The molecular weight excluding hydrogens is 330 g/mol. The van der Waals surface area contributed by atoms with E-state index in [1.807, 2.05) is 50.2 Å². The second-order valence-electron chi connectivity index (χ2n) is 5.96. The normalized spacial score (nSPS) is 10.5. The van der Waals surface area contributed by atoms with E-state index in [1.165, 1.54) is 0 Å². The average Bonchev–Trinajstić information content (AvgIpc) is 2.99. The second kappa shape index (κ2) is 8.34. The number of rotatable bonds is 7. The van der Waals surface area contributed by atoms with Gasteiger partial charge in [-0.1, -0.05) is 47.6 Å². The summed E-state index contributed by atoms with van der Waals surface area (Å²) in [6, 6.07) is 17.0. The number of carbonyl (C=O) groups is 1. The Morgan fingerprint density at radius 2 is 1.77 bits per heavy atom. The highest BCUT2D eigenvalue weighted by Crippen LogP contribution is 2.22. The van der Waals surface area contributed by atoms with Crippen molar-refractivity contribution in [3.8, 4) is 5.75 Å². The van der Waals surface area contributed by atoms with Crippen molar-refractivity contribution in [1.29, 1.82) is 0 Å². The summed E-state index contributed by atoms with van der Waals surface area (Å²) in [5.74, 6) is 0.804. The molecular formula is C21H21NO4. The Morgan fingerprint density at radius 3 is 2.50 bits per heavy atom. The van der Waals surface area contributed by atoms with Crippen LogP contribution < -0.4 is 4.74 Å². The molecule has 0 aliphatic rings. The van der Waals surface area contributed by atoms with Crippen LogP contribution in [0.25, 0.3) is 0 Å². The maximum absolute atomic E-state index is 12.4. The maximum Gasteiger partial charge on any atom is 0.341 e. The Kier molecular flexibility index (Phi) is 5.69. The summed E-state index contributed by atoms with van der Waals surface area (Å²) in [7, 11) is 0. The molecule has 1 heterocycles. The van der Waals surface area contributed by atoms with E-state index in [4.69, 9.17) is 14.0 Å². The van der Waals surface area contributed by atoms with Crippen LogP contribution >= 0.6 is 0 Å². The van der Waals surface area contributed by atoms with E-state index < -0.39 is 5.97 Å². The number of nitrogens with zero attached hydrogens (tertiary/aromatic N) is 1. The van der Waals surface area contributed by atoms with Gasteiger partial charge in [-0.25, -0.2) is 4.79 Å². The van der Waals surface area contributed by atoms with Gasteiger partial charge in [-0.15, -0.1) is 0 Å². The predicted octanol–water partition coefficient (Wildman–Crippen LogP) is 4.27. The van der Waals surface area contributed by atoms with E-state index >= 15 is 0 Å². The van der Waals surface area contributed by atoms with Crippen LogP contribution in [0.5, 0.6) is 5.75 Å². The molecule has 0 radical (unpaired) electrons. The third kappa shape index (κ3) is 4.30. The number of aryl methyl sites for hydroxylation is 2. The molecule has 5 nitrogen and oxygen atoms in total. The lowest BCUT2D eigenvalue weighted by molar-refractivity contribution is 0.0504. The molecule has 0 amide bonds. The number of hydrogen-bond donors (Lipinski definition) is 0. The van der Waals surface area contributed by atoms with E-state index in [0.29, 0.717) is 30.1 Å². The van der Waals surface area contributed by atoms with Crippen LogP contribution in [-0.4, -0.2) is 17.7 Å². The zero-order chi connectivity index (χ0) is 18.4. The lowest BCUT2D eigenvalue weighted by Gasteiger charge is -2.11. The van der Waals surface area contributed by atoms with Crippen LogP contribution in [0, 0.1) is 13.8 Å². The van der Waals surface area contributed by atoms with Gasteiger partial charge in [-0.2, -0.15) is 0 Å². The zero-order valence-electron chi connectivity index (χ0n) is 14.9. The zero-order valence-corrected chi connectivity index (χ0v) is 14.9. The minimum atomic E-state index is -0.393. The van der Waals surface area contributed by atoms with Crippen molar-refractivity contribution in [2.75, 3.05) is 6.61 Å². The Labute approximate surface area is 152 Å². The van der Waals surface area contributed by atoms with Crippen molar-refractivity contribution in [1.82, 2.24) is 5.16 Å². The first-order valence-electron chi connectivity index (χ1n) is 8.50. The molecule has 0 unspecified atom stereocenters. The molecule has 0 aliphatic carbocycles. The first kappa shape index (κ1) is 17.7. The summed E-state index contributed by atoms with van der Waals surface area (Å²) in [6.45, 7) is 4.30. The van der Waals surface area contributed by atoms with Crippen LogP contribution in [0.1, 0.15) is 32.9 Å². The molecule has 3 rings (SSSR count). The molecule has 134 valence electrons. The van der Waals surface area contributed by atoms with E-state index in [-0.39, 0.29) is 6.61 Å². The number of carbonyl (C=O) groups excluding carboxylic acids is 1. The molecule has 0 saturated heterocycles. The number of ether oxygens (including phenoxy) is 2. The third-order valence-corrected chi connectivity index (χ3v) is 4.13. The van der Waals surface area contributed by atoms with Crippen molar-refractivity contribution in [3.05, 3.63) is 82.7 Å². The fourth-order valence-electron chi connectivity index (χ4n) is 2.60. The Hall–Kier alpha value is -3.08. The molecule has 1 aromatic heterocycles. The molecule has 3 aromatic rings. The molecule has 5 heteroatoms. The molecule has 2 aromatic carbocycles. The smallest absolute Gasteiger partial charge is 0.341 e. The summed E-state index contributed by atoms with van der Waals surface area (Å²) < 4.78 is 16.4. The molecule has 0 atom stereocenters. The lowest BCUT2D eigenvalue weighted by Crippen LogP contribution is -2.10. The van der Waals surface area contributed by atoms with Gasteiger partial charge in [-0.05, 0) is 31.5 Å². The van der Waals surface area contributed by atoms with Crippen molar-refractivity contribution >= 4 is 5.97 Å². The van der Waals surface area contributed by atoms with Gasteiger partial charge in [0.15, 0.2) is 0 Å². The van der Waals surface area contributed by atoms with Gasteiger partial charge in [0.2, 0.25) is 0 Å². The van der Waals surface area contributed by atoms with E-state index in [9.17, 15) is 4.79 Å². The third-order valence-electron chi connectivity index (χ3n) is 4.13. The Morgan fingerprint density at radius 1 is 1.04 bits per heavy atom. The highest BCUT2D eigenvalue weighted by atomic mass is 16.5. The molecule has 26 heavy (non-hydrogen) atoms. The van der Waals surface area contributed by atoms with Crippen LogP contribution in [-0.2, 0) is 17.8 Å². The predicted molar refractivity (Wildman–Crippen MR) is 97.2 cm³/mol. The molecule has 0 fully saturated rings. The number of hydrogen-bond acceptors (Lipinski definition) is 5. The largest absolute Gasteiger partial charge is 0.488 e. The number of para-hydroxylation sites is 1. The van der Waals surface area contributed by atoms with Crippen molar-refractivity contribution < 1.29 is 18.8 Å². The second-order valence-corrected chi connectivity index (χ2v) is 5.96. The van der Waals surface area contributed by atoms with Gasteiger partial charge in [0, 0.05) is 6.42 Å². The van der Waals surface area contributed by atoms with Gasteiger partial charge in [0.1, 0.15) is 23.7 Å². The van der Waals surface area contributed by atoms with Gasteiger partial charge >= 0.3 is 5.97 Å². The van der Waals surface area contributed by atoms with E-state index in [1.54, 1.807) is 18.2 Å². The summed E-state index contributed by atoms with van der Waals surface area (Å²) in [4.78, 5) is 12.4. The van der Waals surface area contributed by atoms with Crippen LogP contribution in [0.15, 0.2) is 59.1 Å². The van der Waals surface area contributed by atoms with Gasteiger partial charge in [0.25, 0.3) is 0 Å². The monoisotopic (exact) mass is 351 g/mol. The quantitative estimate of drug-likeness (QED) is 0.595. The minimum Gasteiger partial charge on any atom is -0.488 e. The van der Waals surface area contributed by atoms with Crippen LogP contribution in [0.2, 0.25) is 0 Å². The van der Waals surface area contributed by atoms with Gasteiger partial charge in [-0.3, -0.25) is 0 Å². The molecule has 0 spiro atoms. The highest BCUT2D eigenvalue weighted by molar-refractivity contribution is 5.92. The summed E-state index contributed by atoms with van der Waals surface area (Å²) in [5, 5.41) is 3.91. The number of benzene rings is 2. The van der Waals surface area contributed by atoms with E-state index in [2.05, 4.69) is 5.16 Å². The first-order chi connectivity index (χ1) is 12.6. The summed E-state index contributed by atoms with van der Waals surface area (Å²) in [6.07, 6.45) is 0.675. The SMILES string of the molecule is Cc1noc(C)c1COc1ccccc1C(=O)OCCc1ccccc1. The van der Waals surface area contributed by atoms with Crippen molar-refractivity contribution in [2.45, 2.75) is 26.9 Å². The van der Waals surface area contributed by atoms with Crippen LogP contribution in [0.3, 0.4) is 0 Å².